The summed E-state index contributed by atoms with van der Waals surface area (Å²) in [5.74, 6) is 0. The Morgan fingerprint density at radius 3 is 2.70 bits per heavy atom. The largest absolute Gasteiger partial charge is 0.311 e. The van der Waals surface area contributed by atoms with Gasteiger partial charge in [0.1, 0.15) is 0 Å². The van der Waals surface area contributed by atoms with Gasteiger partial charge in [0.15, 0.2) is 0 Å². The van der Waals surface area contributed by atoms with Crippen molar-refractivity contribution in [3.63, 3.8) is 0 Å². The molecular weight excluding hydrogens is 250 g/mol. The number of hydrogen-bond acceptors (Lipinski definition) is 3. The molecule has 2 heterocycles. The van der Waals surface area contributed by atoms with E-state index in [0.29, 0.717) is 6.04 Å². The van der Waals surface area contributed by atoms with Gasteiger partial charge >= 0.3 is 0 Å². The molecule has 110 valence electrons. The van der Waals surface area contributed by atoms with E-state index < -0.39 is 0 Å². The van der Waals surface area contributed by atoms with Crippen LogP contribution in [0.1, 0.15) is 51.0 Å². The number of nitrogens with zero attached hydrogens (tertiary/aromatic N) is 4. The Kier molecular flexibility index (Phi) is 5.35. The van der Waals surface area contributed by atoms with Crippen LogP contribution in [0.3, 0.4) is 0 Å². The molecule has 0 saturated carbocycles. The molecule has 0 amide bonds. The van der Waals surface area contributed by atoms with Crippen molar-refractivity contribution in [1.29, 1.82) is 0 Å². The van der Waals surface area contributed by atoms with E-state index in [1.165, 1.54) is 0 Å². The number of hydrogen-bond donors (Lipinski definition) is 1. The molecule has 2 aromatic rings. The Morgan fingerprint density at radius 1 is 1.15 bits per heavy atom. The third-order valence-corrected chi connectivity index (χ3v) is 3.46. The first kappa shape index (κ1) is 14.8. The Balaban J connectivity index is 1.91. The highest BCUT2D eigenvalue weighted by atomic mass is 15.3. The lowest BCUT2D eigenvalue weighted by Crippen LogP contribution is -2.14. The summed E-state index contributed by atoms with van der Waals surface area (Å²) in [6, 6.07) is 4.59. The van der Waals surface area contributed by atoms with Crippen LogP contribution in [0.5, 0.6) is 0 Å². The standard InChI is InChI=1S/C15H25N5/c1-4-8-16-11-14-6-9-19(17-14)12-15-7-10-20(18-15)13(3)5-2/h6-7,9-10,13,16H,4-5,8,11-12H2,1-3H3. The monoisotopic (exact) mass is 275 g/mol. The van der Waals surface area contributed by atoms with E-state index in [9.17, 15) is 0 Å². The van der Waals surface area contributed by atoms with Gasteiger partial charge in [-0.15, -0.1) is 0 Å². The SMILES string of the molecule is CCCNCc1ccn(Cc2ccn(C(C)CC)n2)n1. The lowest BCUT2D eigenvalue weighted by molar-refractivity contribution is 0.470. The summed E-state index contributed by atoms with van der Waals surface area (Å²) in [6.45, 7) is 9.13. The second-order valence-electron chi connectivity index (χ2n) is 5.23. The van der Waals surface area contributed by atoms with E-state index in [2.05, 4.69) is 54.6 Å². The lowest BCUT2D eigenvalue weighted by atomic mass is 10.3. The van der Waals surface area contributed by atoms with Gasteiger partial charge in [0.2, 0.25) is 0 Å². The summed E-state index contributed by atoms with van der Waals surface area (Å²) < 4.78 is 3.98. The molecule has 1 unspecified atom stereocenters. The van der Waals surface area contributed by atoms with Crippen LogP contribution in [0.2, 0.25) is 0 Å². The van der Waals surface area contributed by atoms with Gasteiger partial charge in [0.05, 0.1) is 17.9 Å². The fourth-order valence-corrected chi connectivity index (χ4v) is 2.04. The van der Waals surface area contributed by atoms with Crippen molar-refractivity contribution < 1.29 is 0 Å². The third-order valence-electron chi connectivity index (χ3n) is 3.46. The number of rotatable bonds is 8. The molecule has 1 atom stereocenters. The zero-order chi connectivity index (χ0) is 14.4. The first-order valence-electron chi connectivity index (χ1n) is 7.50. The van der Waals surface area contributed by atoms with Crippen molar-refractivity contribution in [2.45, 2.75) is 52.7 Å². The fraction of sp³-hybridized carbons (Fsp3) is 0.600. The van der Waals surface area contributed by atoms with Gasteiger partial charge in [-0.3, -0.25) is 9.36 Å². The Hall–Kier alpha value is -1.62. The van der Waals surface area contributed by atoms with Crippen LogP contribution in [0.15, 0.2) is 24.5 Å². The second-order valence-corrected chi connectivity index (χ2v) is 5.23. The highest BCUT2D eigenvalue weighted by Crippen LogP contribution is 2.10. The normalized spacial score (nSPS) is 12.8. The molecule has 0 spiro atoms. The third kappa shape index (κ3) is 3.93. The second kappa shape index (κ2) is 7.24. The van der Waals surface area contributed by atoms with Gasteiger partial charge in [-0.1, -0.05) is 13.8 Å². The predicted molar refractivity (Wildman–Crippen MR) is 80.6 cm³/mol. The van der Waals surface area contributed by atoms with Crippen LogP contribution in [0.25, 0.3) is 0 Å². The molecule has 0 aliphatic heterocycles. The molecular formula is C15H25N5. The molecule has 5 heteroatoms. The maximum absolute atomic E-state index is 4.60. The minimum Gasteiger partial charge on any atom is -0.311 e. The van der Waals surface area contributed by atoms with Crippen LogP contribution in [-0.2, 0) is 13.1 Å². The van der Waals surface area contributed by atoms with Gasteiger partial charge in [0, 0.05) is 25.0 Å². The molecule has 0 aliphatic carbocycles. The van der Waals surface area contributed by atoms with Gasteiger partial charge in [-0.05, 0) is 38.4 Å². The fourth-order valence-electron chi connectivity index (χ4n) is 2.04. The predicted octanol–water partition coefficient (Wildman–Crippen LogP) is 2.60. The van der Waals surface area contributed by atoms with E-state index in [-0.39, 0.29) is 0 Å². The van der Waals surface area contributed by atoms with E-state index in [1.54, 1.807) is 0 Å². The zero-order valence-electron chi connectivity index (χ0n) is 12.7. The van der Waals surface area contributed by atoms with Crippen molar-refractivity contribution in [3.05, 3.63) is 35.9 Å². The smallest absolute Gasteiger partial charge is 0.0849 e. The van der Waals surface area contributed by atoms with E-state index in [1.807, 2.05) is 15.6 Å². The maximum Gasteiger partial charge on any atom is 0.0849 e. The van der Waals surface area contributed by atoms with E-state index >= 15 is 0 Å². The van der Waals surface area contributed by atoms with Gasteiger partial charge in [-0.2, -0.15) is 10.2 Å². The number of nitrogens with one attached hydrogen (secondary N) is 1. The highest BCUT2D eigenvalue weighted by molar-refractivity contribution is 5.03. The summed E-state index contributed by atoms with van der Waals surface area (Å²) in [5, 5.41) is 12.5. The Labute approximate surface area is 121 Å². The molecule has 0 aromatic carbocycles. The lowest BCUT2D eigenvalue weighted by Gasteiger charge is -2.08. The topological polar surface area (TPSA) is 47.7 Å². The Morgan fingerprint density at radius 2 is 1.95 bits per heavy atom. The van der Waals surface area contributed by atoms with Crippen molar-refractivity contribution in [2.24, 2.45) is 0 Å². The first-order chi connectivity index (χ1) is 9.72. The van der Waals surface area contributed by atoms with Gasteiger partial charge in [-0.25, -0.2) is 0 Å². The minimum atomic E-state index is 0.454. The molecule has 0 saturated heterocycles. The molecule has 2 rings (SSSR count). The van der Waals surface area contributed by atoms with Crippen LogP contribution in [0, 0.1) is 0 Å². The van der Waals surface area contributed by atoms with Crippen molar-refractivity contribution in [3.8, 4) is 0 Å². The van der Waals surface area contributed by atoms with Crippen LogP contribution in [-0.4, -0.2) is 26.1 Å². The quantitative estimate of drug-likeness (QED) is 0.753. The molecule has 5 nitrogen and oxygen atoms in total. The Bertz CT molecular complexity index is 514. The van der Waals surface area contributed by atoms with E-state index in [0.717, 1.165) is 43.9 Å². The zero-order valence-corrected chi connectivity index (χ0v) is 12.7. The van der Waals surface area contributed by atoms with E-state index in [4.69, 9.17) is 0 Å². The van der Waals surface area contributed by atoms with Gasteiger partial charge in [0.25, 0.3) is 0 Å². The number of aromatic nitrogens is 4. The van der Waals surface area contributed by atoms with Gasteiger partial charge < -0.3 is 5.32 Å². The average molecular weight is 275 g/mol. The molecule has 0 aliphatic rings. The summed E-state index contributed by atoms with van der Waals surface area (Å²) in [5.41, 5.74) is 2.14. The molecule has 0 radical (unpaired) electrons. The first-order valence-corrected chi connectivity index (χ1v) is 7.50. The molecule has 0 fully saturated rings. The van der Waals surface area contributed by atoms with Crippen molar-refractivity contribution in [2.75, 3.05) is 6.54 Å². The van der Waals surface area contributed by atoms with Crippen LogP contribution < -0.4 is 5.32 Å². The van der Waals surface area contributed by atoms with Crippen molar-refractivity contribution >= 4 is 0 Å². The summed E-state index contributed by atoms with van der Waals surface area (Å²) in [4.78, 5) is 0. The van der Waals surface area contributed by atoms with Crippen LogP contribution in [0.4, 0.5) is 0 Å². The molecule has 20 heavy (non-hydrogen) atoms. The average Bonchev–Trinajstić information content (AvgIpc) is 3.08. The molecule has 0 bridgehead atoms. The summed E-state index contributed by atoms with van der Waals surface area (Å²) in [6.07, 6.45) is 6.31. The molecule has 2 aromatic heterocycles. The van der Waals surface area contributed by atoms with Crippen LogP contribution >= 0.6 is 0 Å². The summed E-state index contributed by atoms with van der Waals surface area (Å²) in [7, 11) is 0. The molecule has 1 N–H and O–H groups in total. The highest BCUT2D eigenvalue weighted by Gasteiger charge is 2.06. The summed E-state index contributed by atoms with van der Waals surface area (Å²) >= 11 is 0. The maximum atomic E-state index is 4.60. The van der Waals surface area contributed by atoms with Crippen molar-refractivity contribution in [1.82, 2.24) is 24.9 Å². The minimum absolute atomic E-state index is 0.454.